The summed E-state index contributed by atoms with van der Waals surface area (Å²) in [6.45, 7) is 8.89. The lowest BCUT2D eigenvalue weighted by Gasteiger charge is -2.36. The molecule has 5 heteroatoms. The topological polar surface area (TPSA) is 45.4 Å². The summed E-state index contributed by atoms with van der Waals surface area (Å²) in [5, 5.41) is 1.13. The molecule has 0 aliphatic carbocycles. The Morgan fingerprint density at radius 3 is 2.63 bits per heavy atom. The molecule has 2 aromatic rings. The molecule has 0 unspecified atom stereocenters. The van der Waals surface area contributed by atoms with E-state index in [0.717, 1.165) is 42.5 Å². The van der Waals surface area contributed by atoms with Crippen LogP contribution in [0.15, 0.2) is 18.2 Å². The van der Waals surface area contributed by atoms with E-state index in [0.29, 0.717) is 6.04 Å². The van der Waals surface area contributed by atoms with Gasteiger partial charge < -0.3 is 10.6 Å². The van der Waals surface area contributed by atoms with Gasteiger partial charge in [-0.25, -0.2) is 4.98 Å². The Bertz CT molecular complexity index is 570. The Hall–Kier alpha value is -1.33. The molecular weight excluding hydrogens is 256 g/mol. The van der Waals surface area contributed by atoms with Crippen molar-refractivity contribution in [2.24, 2.45) is 0 Å². The van der Waals surface area contributed by atoms with Gasteiger partial charge in [0.2, 0.25) is 0 Å². The van der Waals surface area contributed by atoms with Crippen LogP contribution >= 0.6 is 11.3 Å². The van der Waals surface area contributed by atoms with E-state index in [9.17, 15) is 0 Å². The predicted molar refractivity (Wildman–Crippen MR) is 83.0 cm³/mol. The van der Waals surface area contributed by atoms with Crippen LogP contribution in [0.4, 0.5) is 10.8 Å². The number of fused-ring (bicyclic) bond motifs is 1. The van der Waals surface area contributed by atoms with Crippen molar-refractivity contribution in [2.45, 2.75) is 19.9 Å². The highest BCUT2D eigenvalue weighted by Gasteiger charge is 2.21. The maximum absolute atomic E-state index is 5.81. The van der Waals surface area contributed by atoms with E-state index in [1.807, 2.05) is 12.1 Å². The summed E-state index contributed by atoms with van der Waals surface area (Å²) in [6, 6.07) is 6.61. The van der Waals surface area contributed by atoms with Crippen LogP contribution in [-0.4, -0.2) is 42.1 Å². The monoisotopic (exact) mass is 276 g/mol. The number of thiazole rings is 1. The second-order valence-electron chi connectivity index (χ2n) is 5.34. The van der Waals surface area contributed by atoms with E-state index >= 15 is 0 Å². The summed E-state index contributed by atoms with van der Waals surface area (Å²) in [7, 11) is 0. The van der Waals surface area contributed by atoms with Crippen molar-refractivity contribution < 1.29 is 0 Å². The van der Waals surface area contributed by atoms with Crippen LogP contribution in [0.25, 0.3) is 10.2 Å². The first kappa shape index (κ1) is 12.7. The van der Waals surface area contributed by atoms with E-state index in [1.165, 1.54) is 4.70 Å². The first-order valence-electron chi connectivity index (χ1n) is 6.78. The molecule has 0 saturated carbocycles. The fourth-order valence-corrected chi connectivity index (χ4v) is 3.49. The zero-order valence-electron chi connectivity index (χ0n) is 11.5. The van der Waals surface area contributed by atoms with Crippen LogP contribution in [0.3, 0.4) is 0 Å². The molecule has 19 heavy (non-hydrogen) atoms. The summed E-state index contributed by atoms with van der Waals surface area (Å²) in [5.74, 6) is 0. The molecule has 1 aromatic carbocycles. The Balaban J connectivity index is 1.78. The summed E-state index contributed by atoms with van der Waals surface area (Å²) in [5.41, 5.74) is 7.61. The van der Waals surface area contributed by atoms with Gasteiger partial charge in [0.05, 0.1) is 10.2 Å². The third-order valence-electron chi connectivity index (χ3n) is 3.72. The lowest BCUT2D eigenvalue weighted by Crippen LogP contribution is -2.48. The molecular formula is C14H20N4S. The van der Waals surface area contributed by atoms with Crippen molar-refractivity contribution in [1.29, 1.82) is 0 Å². The van der Waals surface area contributed by atoms with Crippen LogP contribution in [0.2, 0.25) is 0 Å². The highest BCUT2D eigenvalue weighted by atomic mass is 32.1. The number of rotatable bonds is 2. The molecule has 1 fully saturated rings. The van der Waals surface area contributed by atoms with Gasteiger partial charge in [-0.2, -0.15) is 0 Å². The van der Waals surface area contributed by atoms with E-state index in [2.05, 4.69) is 29.7 Å². The molecule has 1 aliphatic heterocycles. The smallest absolute Gasteiger partial charge is 0.186 e. The lowest BCUT2D eigenvalue weighted by molar-refractivity contribution is 0.209. The first-order valence-corrected chi connectivity index (χ1v) is 7.60. The van der Waals surface area contributed by atoms with E-state index in [-0.39, 0.29) is 0 Å². The van der Waals surface area contributed by atoms with Crippen molar-refractivity contribution in [1.82, 2.24) is 9.88 Å². The minimum atomic E-state index is 0.636. The molecule has 4 nitrogen and oxygen atoms in total. The highest BCUT2D eigenvalue weighted by Crippen LogP contribution is 2.30. The third-order valence-corrected chi connectivity index (χ3v) is 4.81. The molecule has 0 bridgehead atoms. The van der Waals surface area contributed by atoms with Crippen LogP contribution in [0.1, 0.15) is 13.8 Å². The normalized spacial score (nSPS) is 17.5. The molecule has 2 N–H and O–H groups in total. The van der Waals surface area contributed by atoms with Crippen LogP contribution in [0.5, 0.6) is 0 Å². The molecule has 1 saturated heterocycles. The molecule has 0 amide bonds. The molecule has 1 aromatic heterocycles. The van der Waals surface area contributed by atoms with Crippen LogP contribution in [0, 0.1) is 0 Å². The molecule has 3 rings (SSSR count). The molecule has 1 aliphatic rings. The average Bonchev–Trinajstić information content (AvgIpc) is 2.81. The summed E-state index contributed by atoms with van der Waals surface area (Å²) < 4.78 is 1.22. The van der Waals surface area contributed by atoms with Crippen molar-refractivity contribution in [3.8, 4) is 0 Å². The van der Waals surface area contributed by atoms with Gasteiger partial charge in [0, 0.05) is 37.9 Å². The number of benzene rings is 1. The van der Waals surface area contributed by atoms with Crippen molar-refractivity contribution in [3.05, 3.63) is 18.2 Å². The van der Waals surface area contributed by atoms with Crippen molar-refractivity contribution in [2.75, 3.05) is 36.8 Å². The molecule has 102 valence electrons. The standard InChI is InChI=1S/C14H20N4S/c1-10(2)17-5-7-18(8-6-17)14-16-12-9-11(15)3-4-13(12)19-14/h3-4,9-10H,5-8,15H2,1-2H3. The molecule has 0 atom stereocenters. The maximum atomic E-state index is 5.81. The molecule has 0 spiro atoms. The van der Waals surface area contributed by atoms with Gasteiger partial charge in [0.25, 0.3) is 0 Å². The number of aromatic nitrogens is 1. The summed E-state index contributed by atoms with van der Waals surface area (Å²) in [4.78, 5) is 9.62. The first-order chi connectivity index (χ1) is 9.13. The predicted octanol–water partition coefficient (Wildman–Crippen LogP) is 2.41. The number of anilines is 2. The zero-order valence-corrected chi connectivity index (χ0v) is 12.3. The Labute approximate surface area is 117 Å². The number of nitrogens with zero attached hydrogens (tertiary/aromatic N) is 3. The Morgan fingerprint density at radius 2 is 1.95 bits per heavy atom. The quantitative estimate of drug-likeness (QED) is 0.856. The minimum Gasteiger partial charge on any atom is -0.399 e. The Morgan fingerprint density at radius 1 is 1.21 bits per heavy atom. The lowest BCUT2D eigenvalue weighted by atomic mass is 10.2. The number of hydrogen-bond donors (Lipinski definition) is 1. The van der Waals surface area contributed by atoms with Gasteiger partial charge in [-0.05, 0) is 32.0 Å². The van der Waals surface area contributed by atoms with Gasteiger partial charge >= 0.3 is 0 Å². The van der Waals surface area contributed by atoms with E-state index < -0.39 is 0 Å². The third kappa shape index (κ3) is 2.53. The fraction of sp³-hybridized carbons (Fsp3) is 0.500. The summed E-state index contributed by atoms with van der Waals surface area (Å²) in [6.07, 6.45) is 0. The molecule has 2 heterocycles. The summed E-state index contributed by atoms with van der Waals surface area (Å²) >= 11 is 1.76. The van der Waals surface area contributed by atoms with Crippen molar-refractivity contribution in [3.63, 3.8) is 0 Å². The number of nitrogens with two attached hydrogens (primary N) is 1. The van der Waals surface area contributed by atoms with E-state index in [1.54, 1.807) is 11.3 Å². The van der Waals surface area contributed by atoms with Gasteiger partial charge in [-0.1, -0.05) is 11.3 Å². The van der Waals surface area contributed by atoms with Crippen LogP contribution < -0.4 is 10.6 Å². The number of piperazine rings is 1. The largest absolute Gasteiger partial charge is 0.399 e. The van der Waals surface area contributed by atoms with E-state index in [4.69, 9.17) is 10.7 Å². The SMILES string of the molecule is CC(C)N1CCN(c2nc3cc(N)ccc3s2)CC1. The highest BCUT2D eigenvalue weighted by molar-refractivity contribution is 7.22. The van der Waals surface area contributed by atoms with Gasteiger partial charge in [0.15, 0.2) is 5.13 Å². The number of hydrogen-bond acceptors (Lipinski definition) is 5. The fourth-order valence-electron chi connectivity index (χ4n) is 2.50. The van der Waals surface area contributed by atoms with Crippen molar-refractivity contribution >= 4 is 32.4 Å². The second kappa shape index (κ2) is 4.98. The number of nitrogen functional groups attached to an aromatic ring is 1. The second-order valence-corrected chi connectivity index (χ2v) is 6.35. The zero-order chi connectivity index (χ0) is 13.4. The van der Waals surface area contributed by atoms with Gasteiger partial charge in [0.1, 0.15) is 0 Å². The maximum Gasteiger partial charge on any atom is 0.186 e. The van der Waals surface area contributed by atoms with Crippen LogP contribution in [-0.2, 0) is 0 Å². The average molecular weight is 276 g/mol. The van der Waals surface area contributed by atoms with Gasteiger partial charge in [-0.3, -0.25) is 4.90 Å². The minimum absolute atomic E-state index is 0.636. The Kier molecular flexibility index (Phi) is 3.33. The molecule has 0 radical (unpaired) electrons. The van der Waals surface area contributed by atoms with Gasteiger partial charge in [-0.15, -0.1) is 0 Å².